The van der Waals surface area contributed by atoms with Gasteiger partial charge in [0.05, 0.1) is 19.3 Å². The number of aliphatic hydroxyl groups is 1. The van der Waals surface area contributed by atoms with E-state index in [1.807, 2.05) is 18.2 Å². The van der Waals surface area contributed by atoms with E-state index in [4.69, 9.17) is 9.47 Å². The second-order valence-corrected chi connectivity index (χ2v) is 6.22. The molecule has 0 aromatic heterocycles. The second kappa shape index (κ2) is 7.66. The molecule has 118 valence electrons. The summed E-state index contributed by atoms with van der Waals surface area (Å²) in [6.45, 7) is 7.42. The van der Waals surface area contributed by atoms with Gasteiger partial charge in [0.25, 0.3) is 0 Å². The van der Waals surface area contributed by atoms with Gasteiger partial charge in [-0.3, -0.25) is 0 Å². The molecule has 1 atom stereocenters. The Labute approximate surface area is 127 Å². The van der Waals surface area contributed by atoms with Gasteiger partial charge in [-0.05, 0) is 43.6 Å². The van der Waals surface area contributed by atoms with E-state index in [0.717, 1.165) is 36.4 Å². The summed E-state index contributed by atoms with van der Waals surface area (Å²) in [4.78, 5) is 2.17. The third-order valence-electron chi connectivity index (χ3n) is 3.73. The molecule has 1 unspecified atom stereocenters. The van der Waals surface area contributed by atoms with E-state index in [0.29, 0.717) is 25.7 Å². The molecular formula is C17H27NO3. The lowest BCUT2D eigenvalue weighted by molar-refractivity contribution is 0.124. The van der Waals surface area contributed by atoms with E-state index in [2.05, 4.69) is 25.8 Å². The molecule has 0 saturated heterocycles. The third-order valence-corrected chi connectivity index (χ3v) is 3.73. The average molecular weight is 293 g/mol. The fourth-order valence-electron chi connectivity index (χ4n) is 2.36. The topological polar surface area (TPSA) is 41.9 Å². The molecule has 1 aromatic rings. The normalized spacial score (nSPS) is 16.1. The maximum Gasteiger partial charge on any atom is 0.161 e. The molecule has 1 N–H and O–H groups in total. The lowest BCUT2D eigenvalue weighted by Crippen LogP contribution is -2.26. The summed E-state index contributed by atoms with van der Waals surface area (Å²) in [7, 11) is 2.05. The number of rotatable bonds is 6. The van der Waals surface area contributed by atoms with Crippen LogP contribution < -0.4 is 9.47 Å². The Balaban J connectivity index is 1.96. The molecule has 0 spiro atoms. The molecular weight excluding hydrogens is 266 g/mol. The van der Waals surface area contributed by atoms with Gasteiger partial charge < -0.3 is 19.5 Å². The van der Waals surface area contributed by atoms with Crippen molar-refractivity contribution >= 4 is 0 Å². The van der Waals surface area contributed by atoms with Crippen molar-refractivity contribution in [3.8, 4) is 11.5 Å². The van der Waals surface area contributed by atoms with Crippen molar-refractivity contribution in [1.29, 1.82) is 0 Å². The van der Waals surface area contributed by atoms with Crippen LogP contribution in [0, 0.1) is 5.92 Å². The first-order valence-electron chi connectivity index (χ1n) is 7.82. The van der Waals surface area contributed by atoms with Crippen LogP contribution in [0.15, 0.2) is 18.2 Å². The summed E-state index contributed by atoms with van der Waals surface area (Å²) < 4.78 is 11.3. The van der Waals surface area contributed by atoms with Gasteiger partial charge in [0, 0.05) is 13.0 Å². The molecule has 0 fully saturated rings. The minimum Gasteiger partial charge on any atom is -0.490 e. The third kappa shape index (κ3) is 4.90. The summed E-state index contributed by atoms with van der Waals surface area (Å²) >= 11 is 0. The Morgan fingerprint density at radius 2 is 1.90 bits per heavy atom. The fourth-order valence-corrected chi connectivity index (χ4v) is 2.36. The van der Waals surface area contributed by atoms with Crippen molar-refractivity contribution in [3.63, 3.8) is 0 Å². The number of aliphatic hydroxyl groups excluding tert-OH is 1. The molecule has 4 heteroatoms. The highest BCUT2D eigenvalue weighted by Gasteiger charge is 2.16. The number of nitrogens with zero attached hydrogens (tertiary/aromatic N) is 1. The second-order valence-electron chi connectivity index (χ2n) is 6.22. The molecule has 0 aliphatic carbocycles. The molecule has 4 nitrogen and oxygen atoms in total. The maximum absolute atomic E-state index is 10.4. The summed E-state index contributed by atoms with van der Waals surface area (Å²) in [5.74, 6) is 2.20. The standard InChI is InChI=1S/C17H27NO3/c1-13(2)7-8-18(3)12-15(19)14-5-6-16-17(11-14)21-10-4-9-20-16/h5-6,11,13,15,19H,4,7-10,12H2,1-3H3. The van der Waals surface area contributed by atoms with Crippen LogP contribution >= 0.6 is 0 Å². The SMILES string of the molecule is CC(C)CCN(C)CC(O)c1ccc2c(c1)OCCCO2. The van der Waals surface area contributed by atoms with Gasteiger partial charge in [0.2, 0.25) is 0 Å². The molecule has 1 aromatic carbocycles. The van der Waals surface area contributed by atoms with Crippen molar-refractivity contribution < 1.29 is 14.6 Å². The van der Waals surface area contributed by atoms with Gasteiger partial charge >= 0.3 is 0 Å². The molecule has 21 heavy (non-hydrogen) atoms. The molecule has 2 rings (SSSR count). The van der Waals surface area contributed by atoms with Crippen molar-refractivity contribution in [2.75, 3.05) is 33.4 Å². The first-order valence-corrected chi connectivity index (χ1v) is 7.82. The zero-order valence-electron chi connectivity index (χ0n) is 13.3. The number of likely N-dealkylation sites (N-methyl/N-ethyl adjacent to an activating group) is 1. The number of hydrogen-bond donors (Lipinski definition) is 1. The first kappa shape index (κ1) is 16.1. The average Bonchev–Trinajstić information content (AvgIpc) is 2.69. The van der Waals surface area contributed by atoms with Crippen LogP contribution in [0.5, 0.6) is 11.5 Å². The monoisotopic (exact) mass is 293 g/mol. The van der Waals surface area contributed by atoms with Crippen LogP contribution in [0.2, 0.25) is 0 Å². The van der Waals surface area contributed by atoms with Gasteiger partial charge in [-0.15, -0.1) is 0 Å². The molecule has 0 saturated carbocycles. The lowest BCUT2D eigenvalue weighted by Gasteiger charge is -2.22. The molecule has 1 aliphatic rings. The molecule has 1 heterocycles. The minimum absolute atomic E-state index is 0.501. The summed E-state index contributed by atoms with van der Waals surface area (Å²) in [6, 6.07) is 5.73. The van der Waals surface area contributed by atoms with E-state index in [1.165, 1.54) is 0 Å². The van der Waals surface area contributed by atoms with E-state index >= 15 is 0 Å². The summed E-state index contributed by atoms with van der Waals surface area (Å²) in [5, 5.41) is 10.4. The van der Waals surface area contributed by atoms with Crippen LogP contribution in [-0.4, -0.2) is 43.4 Å². The predicted octanol–water partition coefficient (Wildman–Crippen LogP) is 2.86. The zero-order valence-corrected chi connectivity index (χ0v) is 13.3. The zero-order chi connectivity index (χ0) is 15.2. The largest absolute Gasteiger partial charge is 0.490 e. The summed E-state index contributed by atoms with van der Waals surface area (Å²) in [5.41, 5.74) is 0.885. The van der Waals surface area contributed by atoms with Gasteiger partial charge in [0.15, 0.2) is 11.5 Å². The minimum atomic E-state index is -0.501. The lowest BCUT2D eigenvalue weighted by atomic mass is 10.1. The van der Waals surface area contributed by atoms with Gasteiger partial charge in [-0.2, -0.15) is 0 Å². The van der Waals surface area contributed by atoms with Gasteiger partial charge in [-0.1, -0.05) is 19.9 Å². The molecule has 0 bridgehead atoms. The first-order chi connectivity index (χ1) is 10.1. The van der Waals surface area contributed by atoms with E-state index < -0.39 is 6.10 Å². The molecule has 1 aliphatic heterocycles. The molecule has 0 radical (unpaired) electrons. The molecule has 0 amide bonds. The number of ether oxygens (including phenoxy) is 2. The number of hydrogen-bond acceptors (Lipinski definition) is 4. The van der Waals surface area contributed by atoms with Crippen molar-refractivity contribution in [2.24, 2.45) is 5.92 Å². The number of fused-ring (bicyclic) bond motifs is 1. The quantitative estimate of drug-likeness (QED) is 0.876. The van der Waals surface area contributed by atoms with Crippen molar-refractivity contribution in [2.45, 2.75) is 32.8 Å². The smallest absolute Gasteiger partial charge is 0.161 e. The van der Waals surface area contributed by atoms with E-state index in [1.54, 1.807) is 0 Å². The maximum atomic E-state index is 10.4. The van der Waals surface area contributed by atoms with E-state index in [9.17, 15) is 5.11 Å². The highest BCUT2D eigenvalue weighted by molar-refractivity contribution is 5.44. The Kier molecular flexibility index (Phi) is 5.88. The van der Waals surface area contributed by atoms with Crippen LogP contribution in [0.3, 0.4) is 0 Å². The highest BCUT2D eigenvalue weighted by atomic mass is 16.5. The summed E-state index contributed by atoms with van der Waals surface area (Å²) in [6.07, 6.45) is 1.54. The Hall–Kier alpha value is -1.26. The van der Waals surface area contributed by atoms with Crippen molar-refractivity contribution in [1.82, 2.24) is 4.90 Å². The Bertz CT molecular complexity index is 448. The predicted molar refractivity (Wildman–Crippen MR) is 84.0 cm³/mol. The van der Waals surface area contributed by atoms with Crippen LogP contribution in [0.4, 0.5) is 0 Å². The Morgan fingerprint density at radius 1 is 1.19 bits per heavy atom. The van der Waals surface area contributed by atoms with Gasteiger partial charge in [-0.25, -0.2) is 0 Å². The van der Waals surface area contributed by atoms with Crippen molar-refractivity contribution in [3.05, 3.63) is 23.8 Å². The number of benzene rings is 1. The van der Waals surface area contributed by atoms with Crippen LogP contribution in [-0.2, 0) is 0 Å². The fraction of sp³-hybridized carbons (Fsp3) is 0.647. The Morgan fingerprint density at radius 3 is 2.62 bits per heavy atom. The van der Waals surface area contributed by atoms with Crippen LogP contribution in [0.1, 0.15) is 38.4 Å². The van der Waals surface area contributed by atoms with Gasteiger partial charge in [0.1, 0.15) is 0 Å². The van der Waals surface area contributed by atoms with Crippen LogP contribution in [0.25, 0.3) is 0 Å². The highest BCUT2D eigenvalue weighted by Crippen LogP contribution is 2.32. The van der Waals surface area contributed by atoms with E-state index in [-0.39, 0.29) is 0 Å².